The van der Waals surface area contributed by atoms with E-state index in [1.807, 2.05) is 0 Å². The number of nitrogens with one attached hydrogen (secondary N) is 1. The molecule has 1 aromatic carbocycles. The second kappa shape index (κ2) is 4.99. The van der Waals surface area contributed by atoms with Crippen molar-refractivity contribution in [2.75, 3.05) is 19.7 Å². The summed E-state index contributed by atoms with van der Waals surface area (Å²) < 4.78 is 5.94. The minimum Gasteiger partial charge on any atom is -0.491 e. The van der Waals surface area contributed by atoms with Crippen molar-refractivity contribution in [2.45, 2.75) is 50.7 Å². The molecule has 3 aliphatic rings. The van der Waals surface area contributed by atoms with E-state index >= 15 is 0 Å². The van der Waals surface area contributed by atoms with Crippen LogP contribution in [0.2, 0.25) is 0 Å². The van der Waals surface area contributed by atoms with E-state index in [2.05, 4.69) is 48.3 Å². The minimum absolute atomic E-state index is 0.295. The van der Waals surface area contributed by atoms with Gasteiger partial charge in [-0.2, -0.15) is 0 Å². The predicted octanol–water partition coefficient (Wildman–Crippen LogP) is 2.97. The smallest absolute Gasteiger partial charge is 0.124 e. The fourth-order valence-electron chi connectivity index (χ4n) is 4.19. The Morgan fingerprint density at radius 3 is 2.90 bits per heavy atom. The first-order valence-corrected chi connectivity index (χ1v) is 8.44. The molecule has 21 heavy (non-hydrogen) atoms. The van der Waals surface area contributed by atoms with Gasteiger partial charge >= 0.3 is 0 Å². The van der Waals surface area contributed by atoms with Crippen molar-refractivity contribution in [3.8, 4) is 5.75 Å². The first-order valence-electron chi connectivity index (χ1n) is 8.44. The van der Waals surface area contributed by atoms with Gasteiger partial charge in [0, 0.05) is 30.2 Å². The molecule has 0 spiro atoms. The number of hydrogen-bond donors (Lipinski definition) is 1. The molecule has 4 rings (SSSR count). The zero-order valence-electron chi connectivity index (χ0n) is 13.1. The maximum atomic E-state index is 5.94. The summed E-state index contributed by atoms with van der Waals surface area (Å²) in [7, 11) is 0. The van der Waals surface area contributed by atoms with Gasteiger partial charge in [-0.15, -0.1) is 0 Å². The average molecular weight is 286 g/mol. The average Bonchev–Trinajstić information content (AvgIpc) is 3.28. The summed E-state index contributed by atoms with van der Waals surface area (Å²) >= 11 is 0. The van der Waals surface area contributed by atoms with E-state index in [0.29, 0.717) is 17.6 Å². The molecular formula is C18H26N2O. The molecule has 114 valence electrons. The summed E-state index contributed by atoms with van der Waals surface area (Å²) in [5.41, 5.74) is 1.68. The van der Waals surface area contributed by atoms with E-state index in [1.54, 1.807) is 0 Å². The summed E-state index contributed by atoms with van der Waals surface area (Å²) in [6.45, 7) is 7.81. The van der Waals surface area contributed by atoms with Crippen molar-refractivity contribution in [2.24, 2.45) is 5.92 Å². The number of hydrogen-bond acceptors (Lipinski definition) is 3. The molecular weight excluding hydrogens is 260 g/mol. The number of ether oxygens (including phenoxy) is 1. The number of para-hydroxylation sites is 1. The molecule has 3 heteroatoms. The van der Waals surface area contributed by atoms with Gasteiger partial charge in [0.05, 0.1) is 6.04 Å². The van der Waals surface area contributed by atoms with Gasteiger partial charge in [0.2, 0.25) is 0 Å². The molecule has 0 amide bonds. The monoisotopic (exact) mass is 286 g/mol. The third kappa shape index (κ3) is 2.27. The third-order valence-corrected chi connectivity index (χ3v) is 5.75. The second-order valence-corrected chi connectivity index (χ2v) is 7.17. The lowest BCUT2D eigenvalue weighted by atomic mass is 9.88. The van der Waals surface area contributed by atoms with Gasteiger partial charge in [0.25, 0.3) is 0 Å². The fourth-order valence-corrected chi connectivity index (χ4v) is 4.19. The van der Waals surface area contributed by atoms with Crippen LogP contribution in [0.5, 0.6) is 5.75 Å². The van der Waals surface area contributed by atoms with Crippen LogP contribution < -0.4 is 10.1 Å². The summed E-state index contributed by atoms with van der Waals surface area (Å²) in [5.74, 6) is 1.96. The Hall–Kier alpha value is -1.06. The Kier molecular flexibility index (Phi) is 3.23. The molecule has 0 bridgehead atoms. The number of nitrogens with zero attached hydrogens (tertiary/aromatic N) is 1. The molecule has 1 aromatic rings. The summed E-state index contributed by atoms with van der Waals surface area (Å²) in [5, 5.41) is 3.85. The van der Waals surface area contributed by atoms with Gasteiger partial charge in [-0.25, -0.2) is 0 Å². The van der Waals surface area contributed by atoms with E-state index in [9.17, 15) is 0 Å². The normalized spacial score (nSPS) is 36.3. The van der Waals surface area contributed by atoms with Crippen molar-refractivity contribution in [3.63, 3.8) is 0 Å². The topological polar surface area (TPSA) is 24.5 Å². The van der Waals surface area contributed by atoms with E-state index in [-0.39, 0.29) is 0 Å². The first kappa shape index (κ1) is 13.6. The number of fused-ring (bicyclic) bond motifs is 1. The van der Waals surface area contributed by atoms with Crippen LogP contribution in [0.4, 0.5) is 0 Å². The summed E-state index contributed by atoms with van der Waals surface area (Å²) in [6, 6.07) is 9.63. The molecule has 1 aliphatic carbocycles. The van der Waals surface area contributed by atoms with Crippen LogP contribution >= 0.6 is 0 Å². The summed E-state index contributed by atoms with van der Waals surface area (Å²) in [6.07, 6.45) is 3.99. The molecule has 3 atom stereocenters. The van der Waals surface area contributed by atoms with Crippen LogP contribution in [0.25, 0.3) is 0 Å². The highest BCUT2D eigenvalue weighted by molar-refractivity contribution is 5.39. The van der Waals surface area contributed by atoms with Gasteiger partial charge in [-0.05, 0) is 38.2 Å². The van der Waals surface area contributed by atoms with E-state index in [4.69, 9.17) is 4.74 Å². The number of rotatable bonds is 3. The highest BCUT2D eigenvalue weighted by Gasteiger charge is 2.48. The third-order valence-electron chi connectivity index (χ3n) is 5.75. The van der Waals surface area contributed by atoms with Crippen LogP contribution in [0, 0.1) is 5.92 Å². The van der Waals surface area contributed by atoms with Crippen molar-refractivity contribution < 1.29 is 4.74 Å². The molecule has 2 heterocycles. The molecule has 2 fully saturated rings. The quantitative estimate of drug-likeness (QED) is 0.924. The van der Waals surface area contributed by atoms with Gasteiger partial charge in [-0.1, -0.05) is 25.1 Å². The highest BCUT2D eigenvalue weighted by Crippen LogP contribution is 2.44. The Morgan fingerprint density at radius 1 is 1.33 bits per heavy atom. The van der Waals surface area contributed by atoms with Gasteiger partial charge < -0.3 is 10.1 Å². The van der Waals surface area contributed by atoms with Crippen molar-refractivity contribution >= 4 is 0 Å². The lowest BCUT2D eigenvalue weighted by Gasteiger charge is -2.48. The fraction of sp³-hybridized carbons (Fsp3) is 0.667. The van der Waals surface area contributed by atoms with Crippen LogP contribution in [-0.4, -0.2) is 36.2 Å². The molecule has 1 N–H and O–H groups in total. The Bertz CT molecular complexity index is 528. The largest absolute Gasteiger partial charge is 0.491 e. The van der Waals surface area contributed by atoms with E-state index in [1.165, 1.54) is 24.8 Å². The Labute approximate surface area is 127 Å². The molecule has 0 radical (unpaired) electrons. The number of piperazine rings is 1. The predicted molar refractivity (Wildman–Crippen MR) is 84.6 cm³/mol. The number of benzene rings is 1. The maximum absolute atomic E-state index is 5.94. The van der Waals surface area contributed by atoms with Crippen LogP contribution in [0.15, 0.2) is 24.3 Å². The van der Waals surface area contributed by atoms with Gasteiger partial charge in [-0.3, -0.25) is 4.90 Å². The Balaban J connectivity index is 1.62. The van der Waals surface area contributed by atoms with Crippen molar-refractivity contribution in [3.05, 3.63) is 29.8 Å². The van der Waals surface area contributed by atoms with Gasteiger partial charge in [0.1, 0.15) is 12.4 Å². The minimum atomic E-state index is 0.295. The highest BCUT2D eigenvalue weighted by atomic mass is 16.5. The van der Waals surface area contributed by atoms with Crippen molar-refractivity contribution in [1.82, 2.24) is 10.2 Å². The second-order valence-electron chi connectivity index (χ2n) is 7.17. The lowest BCUT2D eigenvalue weighted by molar-refractivity contribution is 0.0285. The van der Waals surface area contributed by atoms with E-state index < -0.39 is 0 Å². The Morgan fingerprint density at radius 2 is 2.14 bits per heavy atom. The molecule has 2 aliphatic heterocycles. The van der Waals surface area contributed by atoms with Crippen LogP contribution in [0.3, 0.4) is 0 Å². The van der Waals surface area contributed by atoms with Crippen molar-refractivity contribution in [1.29, 1.82) is 0 Å². The SMILES string of the molecule is CCC1CNC(C)(C2CC2)CN1C1COc2ccccc21. The zero-order chi connectivity index (χ0) is 14.4. The van der Waals surface area contributed by atoms with Crippen LogP contribution in [0.1, 0.15) is 44.7 Å². The lowest BCUT2D eigenvalue weighted by Crippen LogP contribution is -2.64. The molecule has 0 aromatic heterocycles. The van der Waals surface area contributed by atoms with Crippen LogP contribution in [-0.2, 0) is 0 Å². The molecule has 1 saturated heterocycles. The maximum Gasteiger partial charge on any atom is 0.124 e. The van der Waals surface area contributed by atoms with Gasteiger partial charge in [0.15, 0.2) is 0 Å². The molecule has 3 unspecified atom stereocenters. The molecule has 1 saturated carbocycles. The zero-order valence-corrected chi connectivity index (χ0v) is 13.1. The standard InChI is InChI=1S/C18H26N2O/c1-3-14-10-19-18(2,13-8-9-13)12-20(14)16-11-21-17-7-5-4-6-15(16)17/h4-7,13-14,16,19H,3,8-12H2,1-2H3. The first-order chi connectivity index (χ1) is 10.2. The van der Waals surface area contributed by atoms with E-state index in [0.717, 1.165) is 31.4 Å². The summed E-state index contributed by atoms with van der Waals surface area (Å²) in [4.78, 5) is 2.72. The molecule has 3 nitrogen and oxygen atoms in total.